The average molecular weight is 340 g/mol. The molecule has 0 amide bonds. The monoisotopic (exact) mass is 340 g/mol. The van der Waals surface area contributed by atoms with Crippen LogP contribution >= 0.6 is 0 Å². The minimum atomic E-state index is -0.213. The van der Waals surface area contributed by atoms with Gasteiger partial charge in [0.1, 0.15) is 5.82 Å². The van der Waals surface area contributed by atoms with Crippen molar-refractivity contribution in [2.24, 2.45) is 0 Å². The Morgan fingerprint density at radius 1 is 1.04 bits per heavy atom. The summed E-state index contributed by atoms with van der Waals surface area (Å²) in [5, 5.41) is 3.41. The van der Waals surface area contributed by atoms with Gasteiger partial charge in [0, 0.05) is 19.6 Å². The summed E-state index contributed by atoms with van der Waals surface area (Å²) in [6.45, 7) is 8.94. The predicted molar refractivity (Wildman–Crippen MR) is 101 cm³/mol. The number of hydrogen-bond donors (Lipinski definition) is 1. The number of likely N-dealkylation sites (N-methyl/N-ethyl adjacent to an activating group) is 1. The highest BCUT2D eigenvalue weighted by Crippen LogP contribution is 2.20. The Hall–Kier alpha value is -2.40. The minimum Gasteiger partial charge on any atom is -0.352 e. The summed E-state index contributed by atoms with van der Waals surface area (Å²) >= 11 is 0. The van der Waals surface area contributed by atoms with Gasteiger partial charge in [-0.3, -0.25) is 0 Å². The van der Waals surface area contributed by atoms with Gasteiger partial charge >= 0.3 is 0 Å². The van der Waals surface area contributed by atoms with E-state index in [0.717, 1.165) is 48.7 Å². The predicted octanol–water partition coefficient (Wildman–Crippen LogP) is 4.13. The molecule has 3 aromatic rings. The van der Waals surface area contributed by atoms with E-state index in [-0.39, 0.29) is 5.82 Å². The van der Waals surface area contributed by atoms with E-state index in [0.29, 0.717) is 6.54 Å². The Bertz CT molecular complexity index is 806. The summed E-state index contributed by atoms with van der Waals surface area (Å²) in [7, 11) is 0. The lowest BCUT2D eigenvalue weighted by Crippen LogP contribution is -2.27. The molecule has 0 bridgehead atoms. The number of para-hydroxylation sites is 2. The Kier molecular flexibility index (Phi) is 5.66. The summed E-state index contributed by atoms with van der Waals surface area (Å²) in [6, 6.07) is 14.8. The summed E-state index contributed by atoms with van der Waals surface area (Å²) < 4.78 is 15.3. The van der Waals surface area contributed by atoms with Crippen LogP contribution in [-0.4, -0.2) is 34.1 Å². The topological polar surface area (TPSA) is 33.1 Å². The summed E-state index contributed by atoms with van der Waals surface area (Å²) in [4.78, 5) is 7.14. The van der Waals surface area contributed by atoms with Crippen molar-refractivity contribution in [3.8, 4) is 0 Å². The Morgan fingerprint density at radius 2 is 1.76 bits per heavy atom. The van der Waals surface area contributed by atoms with Crippen LogP contribution in [0.2, 0.25) is 0 Å². The van der Waals surface area contributed by atoms with Crippen molar-refractivity contribution in [1.82, 2.24) is 14.5 Å². The van der Waals surface area contributed by atoms with Gasteiger partial charge in [-0.2, -0.15) is 0 Å². The van der Waals surface area contributed by atoms with Crippen LogP contribution in [0.25, 0.3) is 11.0 Å². The maximum atomic E-state index is 13.1. The lowest BCUT2D eigenvalue weighted by molar-refractivity contribution is 0.292. The van der Waals surface area contributed by atoms with E-state index in [2.05, 4.69) is 34.7 Å². The van der Waals surface area contributed by atoms with Crippen molar-refractivity contribution in [2.45, 2.75) is 26.9 Å². The number of rotatable bonds is 8. The van der Waals surface area contributed by atoms with Gasteiger partial charge in [0.2, 0.25) is 5.95 Å². The zero-order valence-electron chi connectivity index (χ0n) is 14.9. The van der Waals surface area contributed by atoms with E-state index in [9.17, 15) is 4.39 Å². The van der Waals surface area contributed by atoms with Crippen LogP contribution in [0, 0.1) is 5.82 Å². The third kappa shape index (κ3) is 4.17. The van der Waals surface area contributed by atoms with Crippen LogP contribution in [-0.2, 0) is 13.1 Å². The minimum absolute atomic E-state index is 0.213. The number of halogens is 1. The quantitative estimate of drug-likeness (QED) is 0.669. The first-order valence-electron chi connectivity index (χ1n) is 8.87. The zero-order valence-corrected chi connectivity index (χ0v) is 14.9. The molecule has 0 saturated carbocycles. The molecule has 25 heavy (non-hydrogen) atoms. The third-order valence-electron chi connectivity index (χ3n) is 4.55. The molecule has 0 atom stereocenters. The van der Waals surface area contributed by atoms with Crippen molar-refractivity contribution < 1.29 is 4.39 Å². The van der Waals surface area contributed by atoms with Crippen molar-refractivity contribution in [2.75, 3.05) is 25.0 Å². The van der Waals surface area contributed by atoms with Gasteiger partial charge in [0.15, 0.2) is 0 Å². The third-order valence-corrected chi connectivity index (χ3v) is 4.55. The number of nitrogens with one attached hydrogen (secondary N) is 1. The molecule has 0 radical (unpaired) electrons. The van der Waals surface area contributed by atoms with E-state index >= 15 is 0 Å². The molecule has 0 unspecified atom stereocenters. The average Bonchev–Trinajstić information content (AvgIpc) is 3.00. The highest BCUT2D eigenvalue weighted by molar-refractivity contribution is 5.78. The highest BCUT2D eigenvalue weighted by atomic mass is 19.1. The number of hydrogen-bond acceptors (Lipinski definition) is 3. The van der Waals surface area contributed by atoms with E-state index in [4.69, 9.17) is 4.98 Å². The first kappa shape index (κ1) is 17.4. The second-order valence-corrected chi connectivity index (χ2v) is 6.08. The van der Waals surface area contributed by atoms with Crippen LogP contribution in [0.1, 0.15) is 19.4 Å². The fourth-order valence-electron chi connectivity index (χ4n) is 3.00. The second kappa shape index (κ2) is 8.12. The first-order valence-corrected chi connectivity index (χ1v) is 8.87. The van der Waals surface area contributed by atoms with Gasteiger partial charge < -0.3 is 14.8 Å². The molecule has 0 spiro atoms. The largest absolute Gasteiger partial charge is 0.352 e. The Labute approximate surface area is 148 Å². The maximum Gasteiger partial charge on any atom is 0.204 e. The summed E-state index contributed by atoms with van der Waals surface area (Å²) in [5.74, 6) is 0.646. The maximum absolute atomic E-state index is 13.1. The molecular weight excluding hydrogens is 315 g/mol. The molecule has 0 saturated heterocycles. The smallest absolute Gasteiger partial charge is 0.204 e. The fourth-order valence-corrected chi connectivity index (χ4v) is 3.00. The van der Waals surface area contributed by atoms with Gasteiger partial charge in [-0.1, -0.05) is 38.1 Å². The van der Waals surface area contributed by atoms with Crippen LogP contribution in [0.4, 0.5) is 10.3 Å². The van der Waals surface area contributed by atoms with Crippen LogP contribution < -0.4 is 5.32 Å². The van der Waals surface area contributed by atoms with Crippen molar-refractivity contribution in [1.29, 1.82) is 0 Å². The van der Waals surface area contributed by atoms with Gasteiger partial charge in [-0.15, -0.1) is 0 Å². The standard InChI is InChI=1S/C20H25FN4/c1-3-24(4-2)13-14-25-19-8-6-5-7-18(19)23-20(25)22-15-16-9-11-17(21)12-10-16/h5-12H,3-4,13-15H2,1-2H3,(H,22,23). The normalized spacial score (nSPS) is 11.4. The SMILES string of the molecule is CCN(CC)CCn1c(NCc2ccc(F)cc2)nc2ccccc21. The van der Waals surface area contributed by atoms with Gasteiger partial charge in [-0.05, 0) is 42.9 Å². The molecule has 1 aromatic heterocycles. The molecule has 3 rings (SSSR count). The van der Waals surface area contributed by atoms with E-state index < -0.39 is 0 Å². The fraction of sp³-hybridized carbons (Fsp3) is 0.350. The first-order chi connectivity index (χ1) is 12.2. The zero-order chi connectivity index (χ0) is 17.6. The lowest BCUT2D eigenvalue weighted by atomic mass is 10.2. The lowest BCUT2D eigenvalue weighted by Gasteiger charge is -2.19. The molecule has 0 aliphatic carbocycles. The number of anilines is 1. The second-order valence-electron chi connectivity index (χ2n) is 6.08. The Balaban J connectivity index is 1.80. The van der Waals surface area contributed by atoms with Crippen molar-refractivity contribution in [3.63, 3.8) is 0 Å². The molecule has 0 aliphatic heterocycles. The molecule has 5 heteroatoms. The van der Waals surface area contributed by atoms with Gasteiger partial charge in [0.25, 0.3) is 0 Å². The molecule has 0 fully saturated rings. The number of fused-ring (bicyclic) bond motifs is 1. The van der Waals surface area contributed by atoms with E-state index in [1.54, 1.807) is 12.1 Å². The molecule has 2 aromatic carbocycles. The molecular formula is C20H25FN4. The number of imidazole rings is 1. The van der Waals surface area contributed by atoms with E-state index in [1.807, 2.05) is 18.2 Å². The molecule has 1 heterocycles. The van der Waals surface area contributed by atoms with E-state index in [1.165, 1.54) is 12.1 Å². The molecule has 1 N–H and O–H groups in total. The van der Waals surface area contributed by atoms with Crippen LogP contribution in [0.5, 0.6) is 0 Å². The number of aromatic nitrogens is 2. The molecule has 132 valence electrons. The molecule has 0 aliphatic rings. The number of benzene rings is 2. The van der Waals surface area contributed by atoms with Crippen molar-refractivity contribution in [3.05, 3.63) is 59.9 Å². The Morgan fingerprint density at radius 3 is 2.48 bits per heavy atom. The van der Waals surface area contributed by atoms with Gasteiger partial charge in [0.05, 0.1) is 11.0 Å². The van der Waals surface area contributed by atoms with Gasteiger partial charge in [-0.25, -0.2) is 9.37 Å². The van der Waals surface area contributed by atoms with Crippen LogP contribution in [0.3, 0.4) is 0 Å². The summed E-state index contributed by atoms with van der Waals surface area (Å²) in [5.41, 5.74) is 3.16. The molecule has 4 nitrogen and oxygen atoms in total. The number of nitrogens with zero attached hydrogens (tertiary/aromatic N) is 3. The van der Waals surface area contributed by atoms with Crippen molar-refractivity contribution >= 4 is 17.0 Å². The summed E-state index contributed by atoms with van der Waals surface area (Å²) in [6.07, 6.45) is 0. The van der Waals surface area contributed by atoms with Crippen LogP contribution in [0.15, 0.2) is 48.5 Å². The highest BCUT2D eigenvalue weighted by Gasteiger charge is 2.11.